The fraction of sp³-hybridized carbons (Fsp3) is 0.545. The summed E-state index contributed by atoms with van der Waals surface area (Å²) in [5.74, 6) is -1.94. The van der Waals surface area contributed by atoms with E-state index in [1.54, 1.807) is 27.8 Å². The SMILES string of the molecule is CN[C@H]1COCCC1Nc1nc(C(C=NC(F)F)=CN)c2c(c1F)CN(C(=O)OC(C)(C)C)C2=O. The molecule has 0 spiro atoms. The number of amides is 2. The van der Waals surface area contributed by atoms with Crippen LogP contribution in [0.5, 0.6) is 0 Å². The zero-order valence-electron chi connectivity index (χ0n) is 19.9. The number of pyridine rings is 1. The number of fused-ring (bicyclic) bond motifs is 1. The predicted octanol–water partition coefficient (Wildman–Crippen LogP) is 2.49. The number of nitrogens with one attached hydrogen (secondary N) is 2. The first-order valence-electron chi connectivity index (χ1n) is 11.0. The van der Waals surface area contributed by atoms with Gasteiger partial charge in [-0.2, -0.15) is 8.78 Å². The Morgan fingerprint density at radius 2 is 2.09 bits per heavy atom. The summed E-state index contributed by atoms with van der Waals surface area (Å²) in [5, 5.41) is 6.11. The van der Waals surface area contributed by atoms with Gasteiger partial charge in [0.25, 0.3) is 5.91 Å². The summed E-state index contributed by atoms with van der Waals surface area (Å²) >= 11 is 0. The van der Waals surface area contributed by atoms with Gasteiger partial charge in [-0.15, -0.1) is 0 Å². The molecule has 192 valence electrons. The lowest BCUT2D eigenvalue weighted by Crippen LogP contribution is -2.49. The number of nitrogens with zero attached hydrogens (tertiary/aromatic N) is 3. The number of halogens is 3. The van der Waals surface area contributed by atoms with Crippen molar-refractivity contribution in [2.75, 3.05) is 25.6 Å². The highest BCUT2D eigenvalue weighted by Gasteiger charge is 2.41. The highest BCUT2D eigenvalue weighted by Crippen LogP contribution is 2.35. The molecule has 1 fully saturated rings. The van der Waals surface area contributed by atoms with E-state index in [2.05, 4.69) is 20.6 Å². The standard InChI is InChI=1S/C22H29F3N6O4/c1-22(2,3)35-21(33)31-9-12-15(19(31)32)17(11(7-26)8-28-20(24)25)30-18(16(12)23)29-13-5-6-34-10-14(13)27-4/h7-8,13-14,20,27H,5-6,9-10,26H2,1-4H3,(H,29,30)/t13?,14-/m0/s1. The van der Waals surface area contributed by atoms with Crippen LogP contribution in [0.15, 0.2) is 11.2 Å². The number of carbonyl (C=O) groups excluding carboxylic acids is 2. The van der Waals surface area contributed by atoms with Crippen LogP contribution >= 0.6 is 0 Å². The number of likely N-dealkylation sites (N-methyl/N-ethyl adjacent to an activating group) is 1. The molecule has 0 aliphatic carbocycles. The van der Waals surface area contributed by atoms with Crippen molar-refractivity contribution in [1.29, 1.82) is 0 Å². The second kappa shape index (κ2) is 10.6. The predicted molar refractivity (Wildman–Crippen MR) is 123 cm³/mol. The average Bonchev–Trinajstić information content (AvgIpc) is 3.13. The topological polar surface area (TPSA) is 131 Å². The Morgan fingerprint density at radius 3 is 2.69 bits per heavy atom. The van der Waals surface area contributed by atoms with Crippen LogP contribution in [-0.4, -0.2) is 72.6 Å². The summed E-state index contributed by atoms with van der Waals surface area (Å²) in [5.41, 5.74) is 4.00. The number of allylic oxidation sites excluding steroid dienone is 1. The van der Waals surface area contributed by atoms with E-state index in [9.17, 15) is 18.4 Å². The number of aliphatic imine (C=N–C) groups is 1. The minimum atomic E-state index is -3.04. The Bertz CT molecular complexity index is 1040. The van der Waals surface area contributed by atoms with Crippen LogP contribution in [0.4, 0.5) is 23.8 Å². The van der Waals surface area contributed by atoms with Gasteiger partial charge < -0.3 is 25.8 Å². The fourth-order valence-electron chi connectivity index (χ4n) is 3.82. The Hall–Kier alpha value is -3.19. The maximum Gasteiger partial charge on any atom is 0.417 e. The van der Waals surface area contributed by atoms with Gasteiger partial charge in [0.2, 0.25) is 0 Å². The van der Waals surface area contributed by atoms with E-state index in [0.717, 1.165) is 17.3 Å². The van der Waals surface area contributed by atoms with Gasteiger partial charge in [-0.3, -0.25) is 4.79 Å². The first-order chi connectivity index (χ1) is 16.5. The zero-order valence-corrected chi connectivity index (χ0v) is 19.9. The van der Waals surface area contributed by atoms with Gasteiger partial charge in [0.1, 0.15) is 5.60 Å². The molecular weight excluding hydrogens is 469 g/mol. The molecule has 10 nitrogen and oxygen atoms in total. The first-order valence-corrected chi connectivity index (χ1v) is 11.0. The number of anilines is 1. The Balaban J connectivity index is 2.09. The van der Waals surface area contributed by atoms with E-state index in [0.29, 0.717) is 19.6 Å². The molecule has 4 N–H and O–H groups in total. The second-order valence-electron chi connectivity index (χ2n) is 9.04. The van der Waals surface area contributed by atoms with Crippen LogP contribution in [0.1, 0.15) is 48.8 Å². The summed E-state index contributed by atoms with van der Waals surface area (Å²) in [6, 6.07) is -0.438. The van der Waals surface area contributed by atoms with Crippen LogP contribution in [-0.2, 0) is 16.0 Å². The summed E-state index contributed by atoms with van der Waals surface area (Å²) in [7, 11) is 1.74. The van der Waals surface area contributed by atoms with Crippen molar-refractivity contribution in [1.82, 2.24) is 15.2 Å². The van der Waals surface area contributed by atoms with Gasteiger partial charge >= 0.3 is 12.6 Å². The number of hydrogen-bond donors (Lipinski definition) is 3. The number of ether oxygens (including phenoxy) is 2. The van der Waals surface area contributed by atoms with Gasteiger partial charge in [0.05, 0.1) is 30.5 Å². The number of rotatable bonds is 6. The maximum absolute atomic E-state index is 15.7. The molecule has 0 saturated carbocycles. The zero-order chi connectivity index (χ0) is 25.9. The van der Waals surface area contributed by atoms with Crippen LogP contribution in [0.2, 0.25) is 0 Å². The molecule has 2 aliphatic heterocycles. The Labute approximate surface area is 200 Å². The molecule has 35 heavy (non-hydrogen) atoms. The number of nitrogens with two attached hydrogens (primary N) is 1. The fourth-order valence-corrected chi connectivity index (χ4v) is 3.82. The summed E-state index contributed by atoms with van der Waals surface area (Å²) in [6.45, 7) is 2.22. The smallest absolute Gasteiger partial charge is 0.417 e. The van der Waals surface area contributed by atoms with Crippen LogP contribution in [0.25, 0.3) is 5.57 Å². The lowest BCUT2D eigenvalue weighted by Gasteiger charge is -2.32. The van der Waals surface area contributed by atoms with Crippen molar-refractivity contribution in [2.24, 2.45) is 10.7 Å². The van der Waals surface area contributed by atoms with E-state index in [1.165, 1.54) is 0 Å². The molecule has 2 aliphatic rings. The van der Waals surface area contributed by atoms with Gasteiger partial charge in [-0.25, -0.2) is 24.1 Å². The Kier molecular flexibility index (Phi) is 8.00. The van der Waals surface area contributed by atoms with E-state index < -0.39 is 36.5 Å². The number of alkyl halides is 2. The van der Waals surface area contributed by atoms with Crippen molar-refractivity contribution < 1.29 is 32.2 Å². The quantitative estimate of drug-likeness (QED) is 0.403. The normalized spacial score (nSPS) is 21.1. The lowest BCUT2D eigenvalue weighted by atomic mass is 10.0. The summed E-state index contributed by atoms with van der Waals surface area (Å²) < 4.78 is 51.9. The number of imide groups is 1. The molecule has 2 atom stereocenters. The molecule has 2 amide bonds. The summed E-state index contributed by atoms with van der Waals surface area (Å²) in [4.78, 5) is 33.8. The Morgan fingerprint density at radius 1 is 1.37 bits per heavy atom. The highest BCUT2D eigenvalue weighted by molar-refractivity contribution is 6.16. The van der Waals surface area contributed by atoms with Gasteiger partial charge in [0.15, 0.2) is 11.6 Å². The molecule has 3 rings (SSSR count). The van der Waals surface area contributed by atoms with Gasteiger partial charge in [-0.05, 0) is 34.2 Å². The van der Waals surface area contributed by atoms with Crippen molar-refractivity contribution in [2.45, 2.75) is 58.0 Å². The average molecular weight is 499 g/mol. The maximum atomic E-state index is 15.7. The third-order valence-corrected chi connectivity index (χ3v) is 5.45. The molecule has 0 bridgehead atoms. The number of aromatic nitrogens is 1. The second-order valence-corrected chi connectivity index (χ2v) is 9.04. The van der Waals surface area contributed by atoms with E-state index in [-0.39, 0.29) is 40.3 Å². The minimum absolute atomic E-state index is 0.133. The third kappa shape index (κ3) is 5.90. The third-order valence-electron chi connectivity index (χ3n) is 5.45. The molecule has 0 aromatic carbocycles. The van der Waals surface area contributed by atoms with Crippen molar-refractivity contribution >= 4 is 29.6 Å². The van der Waals surface area contributed by atoms with Crippen molar-refractivity contribution in [3.05, 3.63) is 28.8 Å². The monoisotopic (exact) mass is 498 g/mol. The summed E-state index contributed by atoms with van der Waals surface area (Å²) in [6.07, 6.45) is 1.25. The first kappa shape index (κ1) is 26.4. The van der Waals surface area contributed by atoms with Crippen LogP contribution < -0.4 is 16.4 Å². The van der Waals surface area contributed by atoms with Crippen molar-refractivity contribution in [3.63, 3.8) is 0 Å². The van der Waals surface area contributed by atoms with Crippen molar-refractivity contribution in [3.8, 4) is 0 Å². The van der Waals surface area contributed by atoms with E-state index in [4.69, 9.17) is 15.2 Å². The van der Waals surface area contributed by atoms with E-state index >= 15 is 4.39 Å². The van der Waals surface area contributed by atoms with Gasteiger partial charge in [0, 0.05) is 36.2 Å². The van der Waals surface area contributed by atoms with Crippen LogP contribution in [0.3, 0.4) is 0 Å². The molecule has 3 heterocycles. The molecule has 0 radical (unpaired) electrons. The molecule has 1 aromatic rings. The number of hydrogen-bond acceptors (Lipinski definition) is 9. The van der Waals surface area contributed by atoms with Crippen LogP contribution in [0, 0.1) is 5.82 Å². The molecule has 1 saturated heterocycles. The lowest BCUT2D eigenvalue weighted by molar-refractivity contribution is 0.0247. The largest absolute Gasteiger partial charge is 0.443 e. The van der Waals surface area contributed by atoms with E-state index in [1.807, 2.05) is 0 Å². The molecule has 13 heteroatoms. The minimum Gasteiger partial charge on any atom is -0.443 e. The van der Waals surface area contributed by atoms with Gasteiger partial charge in [-0.1, -0.05) is 0 Å². The highest BCUT2D eigenvalue weighted by atomic mass is 19.3. The molecular formula is C22H29F3N6O4. The number of carbonyl (C=O) groups is 2. The molecule has 1 aromatic heterocycles. The molecule has 1 unspecified atom stereocenters.